The Morgan fingerprint density at radius 3 is 2.34 bits per heavy atom. The molecule has 4 rings (SSSR count). The van der Waals surface area contributed by atoms with Gasteiger partial charge in [0.05, 0.1) is 16.0 Å². The van der Waals surface area contributed by atoms with Crippen LogP contribution in [-0.2, 0) is 4.74 Å². The highest BCUT2D eigenvalue weighted by Crippen LogP contribution is 2.35. The Hall–Kier alpha value is -2.70. The van der Waals surface area contributed by atoms with E-state index in [0.29, 0.717) is 5.56 Å². The Balaban J connectivity index is 1.42. The van der Waals surface area contributed by atoms with Crippen LogP contribution in [0.3, 0.4) is 0 Å². The number of piperidine rings is 1. The van der Waals surface area contributed by atoms with Crippen molar-refractivity contribution < 1.29 is 14.6 Å². The van der Waals surface area contributed by atoms with Crippen LogP contribution in [-0.4, -0.2) is 41.9 Å². The molecule has 5 nitrogen and oxygen atoms in total. The van der Waals surface area contributed by atoms with Gasteiger partial charge in [-0.1, -0.05) is 31.9 Å². The Morgan fingerprint density at radius 1 is 1.09 bits per heavy atom. The first-order valence-electron chi connectivity index (χ1n) is 11.2. The van der Waals surface area contributed by atoms with Crippen LogP contribution in [0.4, 0.5) is 5.69 Å². The van der Waals surface area contributed by atoms with E-state index in [1.54, 1.807) is 23.5 Å². The molecule has 1 fully saturated rings. The van der Waals surface area contributed by atoms with Crippen molar-refractivity contribution in [2.75, 3.05) is 25.1 Å². The Morgan fingerprint density at radius 2 is 1.75 bits per heavy atom. The third-order valence-electron chi connectivity index (χ3n) is 6.50. The van der Waals surface area contributed by atoms with Crippen molar-refractivity contribution in [1.82, 2.24) is 4.98 Å². The molecule has 1 N–H and O–H groups in total. The standard InChI is InChI=1S/C26H30N2O3S/c1-3-4-13-26(31-2)14-16-28(17-15-26)22-11-9-20(10-12-22)24-27-18-23(32-24)19-5-7-21(8-6-19)25(29)30/h5-12,18H,3-4,13-17H2,1-2H3,(H,29,30). The first-order chi connectivity index (χ1) is 15.5. The molecule has 168 valence electrons. The summed E-state index contributed by atoms with van der Waals surface area (Å²) >= 11 is 1.62. The smallest absolute Gasteiger partial charge is 0.335 e. The molecule has 0 atom stereocenters. The highest BCUT2D eigenvalue weighted by Gasteiger charge is 2.33. The average molecular weight is 451 g/mol. The van der Waals surface area contributed by atoms with Crippen LogP contribution in [0.2, 0.25) is 0 Å². The minimum atomic E-state index is -0.913. The second kappa shape index (κ2) is 9.84. The number of aromatic carboxylic acids is 1. The molecule has 2 aromatic carbocycles. The van der Waals surface area contributed by atoms with Gasteiger partial charge in [-0.3, -0.25) is 0 Å². The molecule has 1 aromatic heterocycles. The van der Waals surface area contributed by atoms with Gasteiger partial charge >= 0.3 is 5.97 Å². The van der Waals surface area contributed by atoms with Crippen molar-refractivity contribution in [2.24, 2.45) is 0 Å². The largest absolute Gasteiger partial charge is 0.478 e. The number of anilines is 1. The molecule has 0 spiro atoms. The lowest BCUT2D eigenvalue weighted by atomic mass is 9.86. The van der Waals surface area contributed by atoms with E-state index in [1.807, 2.05) is 25.4 Å². The molecule has 3 aromatic rings. The first-order valence-corrected chi connectivity index (χ1v) is 12.1. The molecule has 6 heteroatoms. The summed E-state index contributed by atoms with van der Waals surface area (Å²) in [6.07, 6.45) is 7.58. The maximum atomic E-state index is 11.0. The van der Waals surface area contributed by atoms with Gasteiger partial charge in [0.25, 0.3) is 0 Å². The molecule has 1 aliphatic heterocycles. The number of benzene rings is 2. The second-order valence-corrected chi connectivity index (χ2v) is 9.47. The van der Waals surface area contributed by atoms with Crippen molar-refractivity contribution in [3.63, 3.8) is 0 Å². The van der Waals surface area contributed by atoms with E-state index in [2.05, 4.69) is 41.1 Å². The predicted octanol–water partition coefficient (Wildman–Crippen LogP) is 6.35. The van der Waals surface area contributed by atoms with Crippen molar-refractivity contribution in [1.29, 1.82) is 0 Å². The van der Waals surface area contributed by atoms with E-state index in [-0.39, 0.29) is 5.60 Å². The molecular formula is C26H30N2O3S. The summed E-state index contributed by atoms with van der Waals surface area (Å²) in [4.78, 5) is 19.1. The maximum Gasteiger partial charge on any atom is 0.335 e. The van der Waals surface area contributed by atoms with Crippen LogP contribution in [0.25, 0.3) is 21.0 Å². The van der Waals surface area contributed by atoms with Crippen molar-refractivity contribution in [3.8, 4) is 21.0 Å². The monoisotopic (exact) mass is 450 g/mol. The fraction of sp³-hybridized carbons (Fsp3) is 0.385. The van der Waals surface area contributed by atoms with Crippen LogP contribution >= 0.6 is 11.3 Å². The zero-order valence-corrected chi connectivity index (χ0v) is 19.5. The van der Waals surface area contributed by atoms with E-state index < -0.39 is 5.97 Å². The van der Waals surface area contributed by atoms with Gasteiger partial charge in [0.2, 0.25) is 0 Å². The van der Waals surface area contributed by atoms with Crippen LogP contribution in [0.1, 0.15) is 49.4 Å². The molecule has 0 unspecified atom stereocenters. The molecule has 0 bridgehead atoms. The molecule has 0 radical (unpaired) electrons. The summed E-state index contributed by atoms with van der Waals surface area (Å²) in [7, 11) is 1.86. The summed E-state index contributed by atoms with van der Waals surface area (Å²) in [5, 5.41) is 10.0. The minimum absolute atomic E-state index is 0.0480. The number of hydrogen-bond acceptors (Lipinski definition) is 5. The van der Waals surface area contributed by atoms with Crippen LogP contribution in [0, 0.1) is 0 Å². The Bertz CT molecular complexity index is 1040. The highest BCUT2D eigenvalue weighted by atomic mass is 32.1. The number of unbranched alkanes of at least 4 members (excludes halogenated alkanes) is 1. The quantitative estimate of drug-likeness (QED) is 0.433. The molecule has 0 aliphatic carbocycles. The van der Waals surface area contributed by atoms with Crippen molar-refractivity contribution in [3.05, 3.63) is 60.3 Å². The third kappa shape index (κ3) is 4.87. The Kier molecular flexibility index (Phi) is 6.92. The highest BCUT2D eigenvalue weighted by molar-refractivity contribution is 7.18. The number of methoxy groups -OCH3 is 1. The molecule has 1 aliphatic rings. The van der Waals surface area contributed by atoms with Crippen LogP contribution in [0.5, 0.6) is 0 Å². The number of carboxylic acids is 1. The number of carbonyl (C=O) groups is 1. The third-order valence-corrected chi connectivity index (χ3v) is 7.59. The first kappa shape index (κ1) is 22.5. The van der Waals surface area contributed by atoms with Gasteiger partial charge in [0.1, 0.15) is 5.01 Å². The lowest BCUT2D eigenvalue weighted by molar-refractivity contribution is -0.0374. The maximum absolute atomic E-state index is 11.0. The van der Waals surface area contributed by atoms with E-state index in [0.717, 1.165) is 53.4 Å². The van der Waals surface area contributed by atoms with Gasteiger partial charge in [-0.15, -0.1) is 11.3 Å². The normalized spacial score (nSPS) is 15.6. The lowest BCUT2D eigenvalue weighted by Gasteiger charge is -2.42. The number of rotatable bonds is 8. The molecular weight excluding hydrogens is 420 g/mol. The predicted molar refractivity (Wildman–Crippen MR) is 131 cm³/mol. The van der Waals surface area contributed by atoms with Crippen molar-refractivity contribution in [2.45, 2.75) is 44.6 Å². The summed E-state index contributed by atoms with van der Waals surface area (Å²) in [6.45, 7) is 4.27. The summed E-state index contributed by atoms with van der Waals surface area (Å²) in [6, 6.07) is 15.6. The van der Waals surface area contributed by atoms with Gasteiger partial charge in [-0.25, -0.2) is 9.78 Å². The summed E-state index contributed by atoms with van der Waals surface area (Å²) in [5.74, 6) is -0.913. The second-order valence-electron chi connectivity index (χ2n) is 8.44. The Labute approximate surface area is 193 Å². The SMILES string of the molecule is CCCCC1(OC)CCN(c2ccc(-c3ncc(-c4ccc(C(=O)O)cc4)s3)cc2)CC1. The topological polar surface area (TPSA) is 62.7 Å². The van der Waals surface area contributed by atoms with E-state index in [4.69, 9.17) is 9.84 Å². The van der Waals surface area contributed by atoms with Gasteiger partial charge < -0.3 is 14.7 Å². The number of thiazole rings is 1. The van der Waals surface area contributed by atoms with Crippen molar-refractivity contribution >= 4 is 23.0 Å². The molecule has 1 saturated heterocycles. The summed E-state index contributed by atoms with van der Waals surface area (Å²) in [5.41, 5.74) is 3.66. The number of hydrogen-bond donors (Lipinski definition) is 1. The fourth-order valence-electron chi connectivity index (χ4n) is 4.36. The fourth-order valence-corrected chi connectivity index (χ4v) is 5.29. The zero-order valence-electron chi connectivity index (χ0n) is 18.7. The summed E-state index contributed by atoms with van der Waals surface area (Å²) < 4.78 is 5.94. The van der Waals surface area contributed by atoms with Crippen LogP contribution in [0.15, 0.2) is 54.7 Å². The lowest BCUT2D eigenvalue weighted by Crippen LogP contribution is -2.45. The van der Waals surface area contributed by atoms with Gasteiger partial charge in [-0.05, 0) is 61.2 Å². The van der Waals surface area contributed by atoms with Gasteiger partial charge in [-0.2, -0.15) is 0 Å². The van der Waals surface area contributed by atoms with Crippen LogP contribution < -0.4 is 4.90 Å². The number of aromatic nitrogens is 1. The van der Waals surface area contributed by atoms with E-state index in [1.165, 1.54) is 18.5 Å². The van der Waals surface area contributed by atoms with E-state index >= 15 is 0 Å². The van der Waals surface area contributed by atoms with Gasteiger partial charge in [0, 0.05) is 37.6 Å². The molecule has 0 saturated carbocycles. The zero-order chi connectivity index (χ0) is 22.6. The van der Waals surface area contributed by atoms with E-state index in [9.17, 15) is 4.79 Å². The molecule has 32 heavy (non-hydrogen) atoms. The number of nitrogens with zero attached hydrogens (tertiary/aromatic N) is 2. The van der Waals surface area contributed by atoms with Gasteiger partial charge in [0.15, 0.2) is 0 Å². The molecule has 2 heterocycles. The average Bonchev–Trinajstić information content (AvgIpc) is 3.34. The number of carboxylic acid groups (broad SMARTS) is 1. The number of ether oxygens (including phenoxy) is 1. The molecule has 0 amide bonds. The minimum Gasteiger partial charge on any atom is -0.478 e.